The van der Waals surface area contributed by atoms with E-state index in [1.165, 1.54) is 0 Å². The molecule has 26 heavy (non-hydrogen) atoms. The molecule has 0 bridgehead atoms. The number of amides is 1. The molecule has 5 heteroatoms. The Hall–Kier alpha value is -1.88. The van der Waals surface area contributed by atoms with E-state index in [1.807, 2.05) is 49.4 Å². The molecule has 0 atom stereocenters. The first-order valence-corrected chi connectivity index (χ1v) is 9.46. The summed E-state index contributed by atoms with van der Waals surface area (Å²) in [6.45, 7) is 5.26. The first-order chi connectivity index (χ1) is 12.5. The van der Waals surface area contributed by atoms with Gasteiger partial charge in [0.15, 0.2) is 0 Å². The summed E-state index contributed by atoms with van der Waals surface area (Å²) in [7, 11) is 0. The Kier molecular flexibility index (Phi) is 6.30. The van der Waals surface area contributed by atoms with Crippen LogP contribution in [-0.4, -0.2) is 48.2 Å². The standard InChI is InChI=1S/C21H25ClN2O2/c1-15-14-18(22)6-7-20(15)16-2-4-17(5-3-16)21(26)23-10-13-24-11-8-19(25)9-12-24/h2-7,14,19,25H,8-13H2,1H3,(H,23,26). The molecule has 2 N–H and O–H groups in total. The zero-order valence-electron chi connectivity index (χ0n) is 15.0. The van der Waals surface area contributed by atoms with Crippen LogP contribution in [0.4, 0.5) is 0 Å². The number of halogens is 1. The average Bonchev–Trinajstić information content (AvgIpc) is 2.63. The summed E-state index contributed by atoms with van der Waals surface area (Å²) in [5.74, 6) is -0.0542. The summed E-state index contributed by atoms with van der Waals surface area (Å²) in [5, 5.41) is 13.2. The number of hydrogen-bond donors (Lipinski definition) is 2. The summed E-state index contributed by atoms with van der Waals surface area (Å²) < 4.78 is 0. The van der Waals surface area contributed by atoms with Crippen LogP contribution in [0, 0.1) is 6.92 Å². The van der Waals surface area contributed by atoms with E-state index in [2.05, 4.69) is 10.2 Å². The highest BCUT2D eigenvalue weighted by atomic mass is 35.5. The smallest absolute Gasteiger partial charge is 0.251 e. The van der Waals surface area contributed by atoms with Crippen molar-refractivity contribution in [1.82, 2.24) is 10.2 Å². The summed E-state index contributed by atoms with van der Waals surface area (Å²) in [5.41, 5.74) is 3.96. The van der Waals surface area contributed by atoms with Gasteiger partial charge in [0.2, 0.25) is 0 Å². The Bertz CT molecular complexity index is 753. The summed E-state index contributed by atoms with van der Waals surface area (Å²) in [6, 6.07) is 13.5. The van der Waals surface area contributed by atoms with Crippen LogP contribution in [0.5, 0.6) is 0 Å². The van der Waals surface area contributed by atoms with Gasteiger partial charge in [-0.2, -0.15) is 0 Å². The number of piperidine rings is 1. The summed E-state index contributed by atoms with van der Waals surface area (Å²) in [4.78, 5) is 14.6. The molecule has 0 saturated carbocycles. The molecule has 1 aliphatic rings. The van der Waals surface area contributed by atoms with Gasteiger partial charge in [0, 0.05) is 36.8 Å². The zero-order chi connectivity index (χ0) is 18.5. The van der Waals surface area contributed by atoms with Gasteiger partial charge >= 0.3 is 0 Å². The number of likely N-dealkylation sites (tertiary alicyclic amines) is 1. The van der Waals surface area contributed by atoms with E-state index >= 15 is 0 Å². The molecule has 0 spiro atoms. The molecule has 1 aliphatic heterocycles. The van der Waals surface area contributed by atoms with Crippen molar-refractivity contribution in [2.24, 2.45) is 0 Å². The van der Waals surface area contributed by atoms with Crippen LogP contribution in [0.2, 0.25) is 5.02 Å². The molecule has 3 rings (SSSR count). The molecule has 1 fully saturated rings. The summed E-state index contributed by atoms with van der Waals surface area (Å²) >= 11 is 6.01. The third kappa shape index (κ3) is 4.85. The van der Waals surface area contributed by atoms with Crippen molar-refractivity contribution in [2.75, 3.05) is 26.2 Å². The Balaban J connectivity index is 1.53. The number of aryl methyl sites for hydroxylation is 1. The highest BCUT2D eigenvalue weighted by Crippen LogP contribution is 2.26. The second-order valence-electron chi connectivity index (χ2n) is 6.87. The van der Waals surface area contributed by atoms with Crippen LogP contribution in [-0.2, 0) is 0 Å². The lowest BCUT2D eigenvalue weighted by molar-refractivity contribution is 0.0804. The van der Waals surface area contributed by atoms with Gasteiger partial charge in [-0.25, -0.2) is 0 Å². The van der Waals surface area contributed by atoms with E-state index in [4.69, 9.17) is 11.6 Å². The normalized spacial score (nSPS) is 15.8. The Morgan fingerprint density at radius 2 is 1.88 bits per heavy atom. The maximum atomic E-state index is 12.3. The van der Waals surface area contributed by atoms with Crippen LogP contribution < -0.4 is 5.32 Å². The average molecular weight is 373 g/mol. The largest absolute Gasteiger partial charge is 0.393 e. The van der Waals surface area contributed by atoms with Crippen molar-refractivity contribution in [3.8, 4) is 11.1 Å². The number of carbonyl (C=O) groups excluding carboxylic acids is 1. The summed E-state index contributed by atoms with van der Waals surface area (Å²) in [6.07, 6.45) is 1.47. The fourth-order valence-corrected chi connectivity index (χ4v) is 3.55. The van der Waals surface area contributed by atoms with E-state index in [0.29, 0.717) is 12.1 Å². The Morgan fingerprint density at radius 3 is 2.54 bits per heavy atom. The fourth-order valence-electron chi connectivity index (χ4n) is 3.32. The van der Waals surface area contributed by atoms with Gasteiger partial charge in [-0.15, -0.1) is 0 Å². The lowest BCUT2D eigenvalue weighted by Gasteiger charge is -2.29. The molecule has 0 aliphatic carbocycles. The lowest BCUT2D eigenvalue weighted by Crippen LogP contribution is -2.40. The lowest BCUT2D eigenvalue weighted by atomic mass is 9.99. The van der Waals surface area contributed by atoms with Crippen LogP contribution in [0.15, 0.2) is 42.5 Å². The minimum atomic E-state index is -0.163. The molecule has 0 radical (unpaired) electrons. The van der Waals surface area contributed by atoms with Gasteiger partial charge in [0.05, 0.1) is 6.10 Å². The molecule has 0 aromatic heterocycles. The second-order valence-corrected chi connectivity index (χ2v) is 7.30. The molecule has 1 heterocycles. The van der Waals surface area contributed by atoms with E-state index < -0.39 is 0 Å². The van der Waals surface area contributed by atoms with Crippen LogP contribution in [0.3, 0.4) is 0 Å². The van der Waals surface area contributed by atoms with E-state index in [1.54, 1.807) is 0 Å². The molecule has 0 unspecified atom stereocenters. The molecule has 1 amide bonds. The van der Waals surface area contributed by atoms with Crippen molar-refractivity contribution in [3.05, 3.63) is 58.6 Å². The third-order valence-corrected chi connectivity index (χ3v) is 5.15. The highest BCUT2D eigenvalue weighted by molar-refractivity contribution is 6.30. The SMILES string of the molecule is Cc1cc(Cl)ccc1-c1ccc(C(=O)NCCN2CCC(O)CC2)cc1. The van der Waals surface area contributed by atoms with E-state index in [9.17, 15) is 9.90 Å². The van der Waals surface area contributed by atoms with E-state index in [0.717, 1.165) is 54.2 Å². The van der Waals surface area contributed by atoms with Crippen LogP contribution >= 0.6 is 11.6 Å². The second kappa shape index (κ2) is 8.67. The molecular formula is C21H25ClN2O2. The quantitative estimate of drug-likeness (QED) is 0.844. The number of aliphatic hydroxyl groups excluding tert-OH is 1. The van der Waals surface area contributed by atoms with E-state index in [-0.39, 0.29) is 12.0 Å². The fraction of sp³-hybridized carbons (Fsp3) is 0.381. The number of carbonyl (C=O) groups is 1. The van der Waals surface area contributed by atoms with Crippen LogP contribution in [0.1, 0.15) is 28.8 Å². The van der Waals surface area contributed by atoms with Gasteiger partial charge in [0.25, 0.3) is 5.91 Å². The van der Waals surface area contributed by atoms with Crippen molar-refractivity contribution in [3.63, 3.8) is 0 Å². The Labute approximate surface area is 159 Å². The molecule has 2 aromatic carbocycles. The van der Waals surface area contributed by atoms with Crippen molar-refractivity contribution < 1.29 is 9.90 Å². The van der Waals surface area contributed by atoms with Crippen molar-refractivity contribution >= 4 is 17.5 Å². The number of nitrogens with one attached hydrogen (secondary N) is 1. The molecule has 4 nitrogen and oxygen atoms in total. The van der Waals surface area contributed by atoms with Gasteiger partial charge < -0.3 is 15.3 Å². The minimum Gasteiger partial charge on any atom is -0.393 e. The molecule has 1 saturated heterocycles. The van der Waals surface area contributed by atoms with Gasteiger partial charge in [-0.1, -0.05) is 29.8 Å². The van der Waals surface area contributed by atoms with Crippen molar-refractivity contribution in [2.45, 2.75) is 25.9 Å². The predicted octanol–water partition coefficient (Wildman–Crippen LogP) is 3.50. The van der Waals surface area contributed by atoms with Crippen LogP contribution in [0.25, 0.3) is 11.1 Å². The highest BCUT2D eigenvalue weighted by Gasteiger charge is 2.16. The van der Waals surface area contributed by atoms with Gasteiger partial charge in [-0.05, 0) is 60.7 Å². The third-order valence-electron chi connectivity index (χ3n) is 4.92. The minimum absolute atomic E-state index is 0.0542. The van der Waals surface area contributed by atoms with Gasteiger partial charge in [-0.3, -0.25) is 4.79 Å². The predicted molar refractivity (Wildman–Crippen MR) is 106 cm³/mol. The molecular weight excluding hydrogens is 348 g/mol. The topological polar surface area (TPSA) is 52.6 Å². The molecule has 138 valence electrons. The number of benzene rings is 2. The number of aliphatic hydroxyl groups is 1. The van der Waals surface area contributed by atoms with Crippen molar-refractivity contribution in [1.29, 1.82) is 0 Å². The first-order valence-electron chi connectivity index (χ1n) is 9.08. The van der Waals surface area contributed by atoms with Gasteiger partial charge in [0.1, 0.15) is 0 Å². The first kappa shape index (κ1) is 18.9. The number of hydrogen-bond acceptors (Lipinski definition) is 3. The molecule has 2 aromatic rings. The maximum absolute atomic E-state index is 12.3. The number of rotatable bonds is 5. The monoisotopic (exact) mass is 372 g/mol. The Morgan fingerprint density at radius 1 is 1.19 bits per heavy atom. The maximum Gasteiger partial charge on any atom is 0.251 e. The zero-order valence-corrected chi connectivity index (χ0v) is 15.8. The number of nitrogens with zero attached hydrogens (tertiary/aromatic N) is 1.